The molecule has 0 aliphatic rings. The first-order valence-electron chi connectivity index (χ1n) is 6.36. The van der Waals surface area contributed by atoms with Gasteiger partial charge in [-0.05, 0) is 36.4 Å². The SMILES string of the molecule is CN(C)C=NS(=O)(=O)c1ccc(Sc2ccc(C(=O)O)cc2)s1. The second kappa shape index (κ2) is 7.16. The molecule has 0 spiro atoms. The lowest BCUT2D eigenvalue weighted by molar-refractivity contribution is 0.0697. The zero-order valence-corrected chi connectivity index (χ0v) is 14.8. The monoisotopic (exact) mass is 370 g/mol. The molecule has 1 aromatic heterocycles. The highest BCUT2D eigenvalue weighted by Gasteiger charge is 2.15. The summed E-state index contributed by atoms with van der Waals surface area (Å²) < 4.78 is 28.6. The van der Waals surface area contributed by atoms with E-state index in [0.29, 0.717) is 0 Å². The van der Waals surface area contributed by atoms with Crippen molar-refractivity contribution in [3.63, 3.8) is 0 Å². The van der Waals surface area contributed by atoms with Gasteiger partial charge in [-0.25, -0.2) is 4.79 Å². The third kappa shape index (κ3) is 4.81. The molecule has 122 valence electrons. The molecule has 0 atom stereocenters. The average Bonchev–Trinajstić information content (AvgIpc) is 2.95. The van der Waals surface area contributed by atoms with E-state index in [4.69, 9.17) is 5.11 Å². The fourth-order valence-electron chi connectivity index (χ4n) is 1.49. The van der Waals surface area contributed by atoms with Gasteiger partial charge in [-0.15, -0.1) is 15.7 Å². The zero-order valence-electron chi connectivity index (χ0n) is 12.3. The first-order valence-corrected chi connectivity index (χ1v) is 9.43. The predicted molar refractivity (Wildman–Crippen MR) is 91.2 cm³/mol. The largest absolute Gasteiger partial charge is 0.478 e. The molecule has 0 saturated carbocycles. The summed E-state index contributed by atoms with van der Waals surface area (Å²) >= 11 is 2.49. The molecule has 0 saturated heterocycles. The van der Waals surface area contributed by atoms with E-state index < -0.39 is 16.0 Å². The van der Waals surface area contributed by atoms with Crippen molar-refractivity contribution < 1.29 is 18.3 Å². The molecular weight excluding hydrogens is 356 g/mol. The Morgan fingerprint density at radius 3 is 2.43 bits per heavy atom. The van der Waals surface area contributed by atoms with Crippen LogP contribution in [0.25, 0.3) is 0 Å². The van der Waals surface area contributed by atoms with E-state index in [-0.39, 0.29) is 9.77 Å². The number of hydrogen-bond donors (Lipinski definition) is 1. The van der Waals surface area contributed by atoms with E-state index in [1.165, 1.54) is 36.3 Å². The van der Waals surface area contributed by atoms with Crippen molar-refractivity contribution in [2.45, 2.75) is 13.3 Å². The minimum absolute atomic E-state index is 0.167. The van der Waals surface area contributed by atoms with Gasteiger partial charge in [-0.3, -0.25) is 0 Å². The first-order chi connectivity index (χ1) is 10.8. The average molecular weight is 370 g/mol. The van der Waals surface area contributed by atoms with Crippen LogP contribution in [0.15, 0.2) is 54.1 Å². The maximum absolute atomic E-state index is 12.0. The quantitative estimate of drug-likeness (QED) is 0.621. The summed E-state index contributed by atoms with van der Waals surface area (Å²) in [6, 6.07) is 9.62. The molecule has 1 aromatic carbocycles. The molecular formula is C14H14N2O4S3. The molecule has 0 radical (unpaired) electrons. The van der Waals surface area contributed by atoms with E-state index in [1.807, 2.05) is 0 Å². The lowest BCUT2D eigenvalue weighted by atomic mass is 10.2. The molecule has 0 unspecified atom stereocenters. The predicted octanol–water partition coefficient (Wildman–Crippen LogP) is 2.88. The Hall–Kier alpha value is -1.84. The van der Waals surface area contributed by atoms with Crippen molar-refractivity contribution in [1.29, 1.82) is 0 Å². The summed E-state index contributed by atoms with van der Waals surface area (Å²) in [6.45, 7) is 0. The van der Waals surface area contributed by atoms with Crippen LogP contribution in [0, 0.1) is 0 Å². The number of hydrogen-bond acceptors (Lipinski definition) is 5. The Kier molecular flexibility index (Phi) is 5.45. The summed E-state index contributed by atoms with van der Waals surface area (Å²) in [7, 11) is -0.310. The summed E-state index contributed by atoms with van der Waals surface area (Å²) in [5.41, 5.74) is 0.210. The zero-order chi connectivity index (χ0) is 17.0. The van der Waals surface area contributed by atoms with Crippen molar-refractivity contribution in [2.24, 2.45) is 4.40 Å². The molecule has 9 heteroatoms. The third-order valence-corrected chi connectivity index (χ3v) is 6.47. The van der Waals surface area contributed by atoms with Crippen LogP contribution in [0.5, 0.6) is 0 Å². The number of carboxylic acid groups (broad SMARTS) is 1. The number of aromatic carboxylic acids is 1. The van der Waals surface area contributed by atoms with E-state index >= 15 is 0 Å². The summed E-state index contributed by atoms with van der Waals surface area (Å²) in [5, 5.41) is 8.86. The van der Waals surface area contributed by atoms with Crippen LogP contribution in [0.4, 0.5) is 0 Å². The highest BCUT2D eigenvalue weighted by molar-refractivity contribution is 8.01. The van der Waals surface area contributed by atoms with Gasteiger partial charge in [0.2, 0.25) is 0 Å². The smallest absolute Gasteiger partial charge is 0.335 e. The van der Waals surface area contributed by atoms with Gasteiger partial charge in [0.05, 0.1) is 9.77 Å². The van der Waals surface area contributed by atoms with Crippen LogP contribution >= 0.6 is 23.1 Å². The molecule has 1 N–H and O–H groups in total. The first kappa shape index (κ1) is 17.5. The topological polar surface area (TPSA) is 87.0 Å². The number of carbonyl (C=O) groups is 1. The molecule has 2 rings (SSSR count). The Bertz CT molecular complexity index is 824. The number of sulfonamides is 1. The van der Waals surface area contributed by atoms with Crippen LogP contribution in [-0.2, 0) is 10.0 Å². The Labute approximate surface area is 142 Å². The third-order valence-electron chi connectivity index (χ3n) is 2.55. The van der Waals surface area contributed by atoms with Gasteiger partial charge in [-0.2, -0.15) is 8.42 Å². The van der Waals surface area contributed by atoms with Crippen LogP contribution in [-0.4, -0.2) is 44.8 Å². The van der Waals surface area contributed by atoms with Crippen molar-refractivity contribution >= 4 is 45.4 Å². The minimum Gasteiger partial charge on any atom is -0.478 e. The number of rotatable bonds is 6. The molecule has 0 bridgehead atoms. The second-order valence-electron chi connectivity index (χ2n) is 4.66. The van der Waals surface area contributed by atoms with E-state index in [9.17, 15) is 13.2 Å². The molecule has 0 amide bonds. The van der Waals surface area contributed by atoms with Gasteiger partial charge >= 0.3 is 5.97 Å². The summed E-state index contributed by atoms with van der Waals surface area (Å²) in [4.78, 5) is 13.2. The highest BCUT2D eigenvalue weighted by atomic mass is 32.3. The Morgan fingerprint density at radius 1 is 1.22 bits per heavy atom. The van der Waals surface area contributed by atoms with Crippen LogP contribution in [0.1, 0.15) is 10.4 Å². The second-order valence-corrected chi connectivity index (χ2v) is 8.98. The number of thiophene rings is 1. The molecule has 6 nitrogen and oxygen atoms in total. The van der Waals surface area contributed by atoms with Gasteiger partial charge < -0.3 is 10.0 Å². The molecule has 0 fully saturated rings. The maximum atomic E-state index is 12.0. The number of carboxylic acids is 1. The van der Waals surface area contributed by atoms with Gasteiger partial charge in [0.25, 0.3) is 10.0 Å². The highest BCUT2D eigenvalue weighted by Crippen LogP contribution is 2.35. The molecule has 23 heavy (non-hydrogen) atoms. The molecule has 0 aliphatic carbocycles. The fraction of sp³-hybridized carbons (Fsp3) is 0.143. The van der Waals surface area contributed by atoms with Crippen LogP contribution in [0.3, 0.4) is 0 Å². The van der Waals surface area contributed by atoms with Crippen molar-refractivity contribution in [1.82, 2.24) is 4.90 Å². The van der Waals surface area contributed by atoms with Gasteiger partial charge in [-0.1, -0.05) is 11.8 Å². The van der Waals surface area contributed by atoms with E-state index in [2.05, 4.69) is 4.40 Å². The maximum Gasteiger partial charge on any atom is 0.335 e. The van der Waals surface area contributed by atoms with Gasteiger partial charge in [0.15, 0.2) is 0 Å². The van der Waals surface area contributed by atoms with Gasteiger partial charge in [0, 0.05) is 19.0 Å². The normalized spacial score (nSPS) is 11.7. The number of benzene rings is 1. The van der Waals surface area contributed by atoms with Crippen molar-refractivity contribution in [3.05, 3.63) is 42.0 Å². The Balaban J connectivity index is 2.15. The summed E-state index contributed by atoms with van der Waals surface area (Å²) in [5.74, 6) is -0.982. The van der Waals surface area contributed by atoms with Crippen LogP contribution < -0.4 is 0 Å². The van der Waals surface area contributed by atoms with Crippen molar-refractivity contribution in [2.75, 3.05) is 14.1 Å². The molecule has 2 aromatic rings. The fourth-order valence-corrected chi connectivity index (χ4v) is 4.96. The molecule has 1 heterocycles. The van der Waals surface area contributed by atoms with Gasteiger partial charge in [0.1, 0.15) is 10.5 Å². The van der Waals surface area contributed by atoms with Crippen LogP contribution in [0.2, 0.25) is 0 Å². The summed E-state index contributed by atoms with van der Waals surface area (Å²) in [6.07, 6.45) is 1.24. The lowest BCUT2D eigenvalue weighted by Gasteiger charge is -2.01. The Morgan fingerprint density at radius 2 is 1.87 bits per heavy atom. The standard InChI is InChI=1S/C14H14N2O4S3/c1-16(2)9-15-23(19,20)13-8-7-12(22-13)21-11-5-3-10(4-6-11)14(17)18/h3-9H,1-2H3,(H,17,18). The minimum atomic E-state index is -3.69. The van der Waals surface area contributed by atoms with E-state index in [1.54, 1.807) is 37.2 Å². The number of nitrogens with zero attached hydrogens (tertiary/aromatic N) is 2. The molecule has 0 aliphatic heterocycles. The van der Waals surface area contributed by atoms with E-state index in [0.717, 1.165) is 20.4 Å². The lowest BCUT2D eigenvalue weighted by Crippen LogP contribution is -2.09. The van der Waals surface area contributed by atoms with Crippen molar-refractivity contribution in [3.8, 4) is 0 Å².